The lowest BCUT2D eigenvalue weighted by atomic mass is 9.92. The fraction of sp³-hybridized carbons (Fsp3) is 0.412. The van der Waals surface area contributed by atoms with E-state index in [2.05, 4.69) is 4.72 Å². The molecule has 130 valence electrons. The third-order valence-corrected chi connectivity index (χ3v) is 5.44. The van der Waals surface area contributed by atoms with E-state index in [-0.39, 0.29) is 23.4 Å². The van der Waals surface area contributed by atoms with Crippen LogP contribution in [0, 0.1) is 0 Å². The molecule has 0 saturated carbocycles. The van der Waals surface area contributed by atoms with E-state index in [4.69, 9.17) is 0 Å². The number of nitrogens with one attached hydrogen (secondary N) is 1. The molecule has 7 heteroatoms. The van der Waals surface area contributed by atoms with Gasteiger partial charge in [-0.25, -0.2) is 13.1 Å². The van der Waals surface area contributed by atoms with Crippen LogP contribution < -0.4 is 4.72 Å². The molecule has 24 heavy (non-hydrogen) atoms. The van der Waals surface area contributed by atoms with Gasteiger partial charge in [0, 0.05) is 30.8 Å². The standard InChI is InChI=1S/C17H22N2O4S/c1-4-11-18-24(22,23)17-14(19(5-2)6-3)15(20)12-9-7-8-10-13(12)16(17)21/h7-10,18H,4-6,11H2,1-3H3. The van der Waals surface area contributed by atoms with Crippen LogP contribution in [-0.4, -0.2) is 44.5 Å². The summed E-state index contributed by atoms with van der Waals surface area (Å²) in [4.78, 5) is 27.0. The maximum atomic E-state index is 12.9. The normalized spacial score (nSPS) is 14.8. The lowest BCUT2D eigenvalue weighted by Gasteiger charge is -2.29. The van der Waals surface area contributed by atoms with Crippen molar-refractivity contribution in [1.29, 1.82) is 0 Å². The van der Waals surface area contributed by atoms with Crippen molar-refractivity contribution in [3.63, 3.8) is 0 Å². The van der Waals surface area contributed by atoms with Gasteiger partial charge in [-0.05, 0) is 20.3 Å². The third-order valence-electron chi connectivity index (χ3n) is 3.94. The number of hydrogen-bond donors (Lipinski definition) is 1. The number of likely N-dealkylation sites (N-methyl/N-ethyl adjacent to an activating group) is 1. The van der Waals surface area contributed by atoms with Crippen molar-refractivity contribution in [3.05, 3.63) is 46.0 Å². The summed E-state index contributed by atoms with van der Waals surface area (Å²) in [5, 5.41) is 0. The fourth-order valence-corrected chi connectivity index (χ4v) is 4.17. The number of rotatable bonds is 7. The number of allylic oxidation sites excluding steroid dienone is 2. The van der Waals surface area contributed by atoms with Crippen LogP contribution in [0.15, 0.2) is 34.9 Å². The second-order valence-electron chi connectivity index (χ2n) is 5.45. The summed E-state index contributed by atoms with van der Waals surface area (Å²) in [5.41, 5.74) is 0.349. The molecule has 1 aliphatic rings. The van der Waals surface area contributed by atoms with Crippen LogP contribution in [0.2, 0.25) is 0 Å². The van der Waals surface area contributed by atoms with Gasteiger partial charge in [-0.3, -0.25) is 9.59 Å². The molecule has 1 aromatic carbocycles. The van der Waals surface area contributed by atoms with Gasteiger partial charge in [0.25, 0.3) is 0 Å². The van der Waals surface area contributed by atoms with Gasteiger partial charge in [0.1, 0.15) is 5.70 Å². The van der Waals surface area contributed by atoms with E-state index >= 15 is 0 Å². The molecule has 0 saturated heterocycles. The van der Waals surface area contributed by atoms with E-state index in [0.29, 0.717) is 19.5 Å². The van der Waals surface area contributed by atoms with Gasteiger partial charge >= 0.3 is 0 Å². The molecule has 0 amide bonds. The van der Waals surface area contributed by atoms with E-state index < -0.39 is 26.5 Å². The Balaban J connectivity index is 2.73. The van der Waals surface area contributed by atoms with E-state index in [1.54, 1.807) is 23.1 Å². The van der Waals surface area contributed by atoms with Gasteiger partial charge in [0.2, 0.25) is 21.6 Å². The van der Waals surface area contributed by atoms with Crippen LogP contribution in [-0.2, 0) is 10.0 Å². The molecule has 1 aliphatic carbocycles. The molecular weight excluding hydrogens is 328 g/mol. The SMILES string of the molecule is CCCNS(=O)(=O)C1=C(N(CC)CC)C(=O)c2ccccc2C1=O. The highest BCUT2D eigenvalue weighted by molar-refractivity contribution is 7.94. The zero-order chi connectivity index (χ0) is 17.9. The first-order valence-electron chi connectivity index (χ1n) is 8.06. The molecule has 2 rings (SSSR count). The van der Waals surface area contributed by atoms with E-state index in [1.807, 2.05) is 20.8 Å². The summed E-state index contributed by atoms with van der Waals surface area (Å²) in [6, 6.07) is 6.33. The zero-order valence-electron chi connectivity index (χ0n) is 14.1. The maximum absolute atomic E-state index is 12.9. The molecule has 0 bridgehead atoms. The number of fused-ring (bicyclic) bond motifs is 1. The molecule has 6 nitrogen and oxygen atoms in total. The van der Waals surface area contributed by atoms with Crippen LogP contribution in [0.1, 0.15) is 47.9 Å². The summed E-state index contributed by atoms with van der Waals surface area (Å²) < 4.78 is 27.8. The van der Waals surface area contributed by atoms with Crippen LogP contribution in [0.25, 0.3) is 0 Å². The minimum atomic E-state index is -4.07. The van der Waals surface area contributed by atoms with Crippen LogP contribution in [0.5, 0.6) is 0 Å². The highest BCUT2D eigenvalue weighted by atomic mass is 32.2. The lowest BCUT2D eigenvalue weighted by Crippen LogP contribution is -2.39. The predicted octanol–water partition coefficient (Wildman–Crippen LogP) is 1.95. The van der Waals surface area contributed by atoms with Crippen molar-refractivity contribution < 1.29 is 18.0 Å². The summed E-state index contributed by atoms with van der Waals surface area (Å²) in [6.45, 7) is 6.53. The van der Waals surface area contributed by atoms with Crippen LogP contribution in [0.3, 0.4) is 0 Å². The molecule has 0 spiro atoms. The number of ketones is 2. The highest BCUT2D eigenvalue weighted by Gasteiger charge is 2.40. The Morgan fingerprint density at radius 1 is 0.958 bits per heavy atom. The molecule has 0 aromatic heterocycles. The summed E-state index contributed by atoms with van der Waals surface area (Å²) in [6.07, 6.45) is 0.589. The first kappa shape index (κ1) is 18.4. The summed E-state index contributed by atoms with van der Waals surface area (Å²) in [5.74, 6) is -1.05. The molecule has 0 radical (unpaired) electrons. The van der Waals surface area contributed by atoms with Crippen molar-refractivity contribution >= 4 is 21.6 Å². The van der Waals surface area contributed by atoms with E-state index in [0.717, 1.165) is 0 Å². The Hall–Kier alpha value is -1.99. The predicted molar refractivity (Wildman–Crippen MR) is 92.3 cm³/mol. The molecule has 0 atom stereocenters. The van der Waals surface area contributed by atoms with Crippen LogP contribution in [0.4, 0.5) is 0 Å². The van der Waals surface area contributed by atoms with Gasteiger partial charge in [-0.15, -0.1) is 0 Å². The van der Waals surface area contributed by atoms with E-state index in [1.165, 1.54) is 6.07 Å². The summed E-state index contributed by atoms with van der Waals surface area (Å²) in [7, 11) is -4.07. The Morgan fingerprint density at radius 3 is 2.00 bits per heavy atom. The quantitative estimate of drug-likeness (QED) is 0.812. The molecular formula is C17H22N2O4S. The van der Waals surface area contributed by atoms with Crippen molar-refractivity contribution in [2.45, 2.75) is 27.2 Å². The Bertz CT molecular complexity index is 793. The number of hydrogen-bond acceptors (Lipinski definition) is 5. The molecule has 0 unspecified atom stereocenters. The molecule has 0 aliphatic heterocycles. The smallest absolute Gasteiger partial charge is 0.246 e. The largest absolute Gasteiger partial charge is 0.368 e. The Labute approximate surface area is 142 Å². The van der Waals surface area contributed by atoms with Crippen molar-refractivity contribution in [2.75, 3.05) is 19.6 Å². The zero-order valence-corrected chi connectivity index (χ0v) is 14.9. The van der Waals surface area contributed by atoms with Gasteiger partial charge in [0.15, 0.2) is 4.91 Å². The first-order valence-corrected chi connectivity index (χ1v) is 9.54. The minimum Gasteiger partial charge on any atom is -0.368 e. The number of benzene rings is 1. The second kappa shape index (κ2) is 7.27. The third kappa shape index (κ3) is 3.14. The van der Waals surface area contributed by atoms with Crippen molar-refractivity contribution in [2.24, 2.45) is 0 Å². The molecule has 0 heterocycles. The number of sulfonamides is 1. The average molecular weight is 350 g/mol. The van der Waals surface area contributed by atoms with Gasteiger partial charge in [-0.2, -0.15) is 0 Å². The molecule has 1 aromatic rings. The number of Topliss-reactive ketones (excluding diaryl/α,β-unsaturated/α-hetero) is 2. The Kier molecular flexibility index (Phi) is 5.56. The monoisotopic (exact) mass is 350 g/mol. The number of carbonyl (C=O) groups excluding carboxylic acids is 2. The summed E-state index contributed by atoms with van der Waals surface area (Å²) >= 11 is 0. The lowest BCUT2D eigenvalue weighted by molar-refractivity contribution is 0.0949. The van der Waals surface area contributed by atoms with Crippen LogP contribution >= 0.6 is 0 Å². The maximum Gasteiger partial charge on any atom is 0.246 e. The topological polar surface area (TPSA) is 83.6 Å². The fourth-order valence-electron chi connectivity index (χ4n) is 2.72. The second-order valence-corrected chi connectivity index (χ2v) is 7.16. The van der Waals surface area contributed by atoms with Crippen molar-refractivity contribution in [3.8, 4) is 0 Å². The highest BCUT2D eigenvalue weighted by Crippen LogP contribution is 2.30. The number of carbonyl (C=O) groups is 2. The molecule has 1 N–H and O–H groups in total. The van der Waals surface area contributed by atoms with Gasteiger partial charge in [-0.1, -0.05) is 31.2 Å². The van der Waals surface area contributed by atoms with E-state index in [9.17, 15) is 18.0 Å². The number of nitrogens with zero attached hydrogens (tertiary/aromatic N) is 1. The molecule has 0 fully saturated rings. The average Bonchev–Trinajstić information content (AvgIpc) is 2.58. The minimum absolute atomic E-state index is 0.0349. The van der Waals surface area contributed by atoms with Gasteiger partial charge in [0.05, 0.1) is 0 Å². The van der Waals surface area contributed by atoms with Crippen molar-refractivity contribution in [1.82, 2.24) is 9.62 Å². The van der Waals surface area contributed by atoms with Gasteiger partial charge < -0.3 is 4.90 Å². The Morgan fingerprint density at radius 2 is 1.50 bits per heavy atom. The first-order chi connectivity index (χ1) is 11.4.